The highest BCUT2D eigenvalue weighted by atomic mass is 15.2. The van der Waals surface area contributed by atoms with Crippen LogP contribution in [0.5, 0.6) is 0 Å². The van der Waals surface area contributed by atoms with Crippen LogP contribution >= 0.6 is 0 Å². The van der Waals surface area contributed by atoms with Crippen molar-refractivity contribution in [2.24, 2.45) is 4.99 Å². The molecule has 13 heavy (non-hydrogen) atoms. The highest BCUT2D eigenvalue weighted by molar-refractivity contribution is 5.93. The molecule has 0 amide bonds. The molecule has 0 N–H and O–H groups in total. The van der Waals surface area contributed by atoms with E-state index < -0.39 is 0 Å². The molecular formula is C11H18N2. The number of aliphatic imine (C=N–C) groups is 1. The fourth-order valence-electron chi connectivity index (χ4n) is 0.764. The Morgan fingerprint density at radius 1 is 1.38 bits per heavy atom. The summed E-state index contributed by atoms with van der Waals surface area (Å²) in [7, 11) is 2.00. The summed E-state index contributed by atoms with van der Waals surface area (Å²) in [4.78, 5) is 6.23. The van der Waals surface area contributed by atoms with Gasteiger partial charge in [-0.2, -0.15) is 0 Å². The second-order valence-corrected chi connectivity index (χ2v) is 2.97. The number of likely N-dealkylation sites (N-methyl/N-ethyl adjacent to an activating group) is 1. The summed E-state index contributed by atoms with van der Waals surface area (Å²) in [6, 6.07) is 0.424. The molecule has 0 unspecified atom stereocenters. The second-order valence-electron chi connectivity index (χ2n) is 2.97. The van der Waals surface area contributed by atoms with Crippen LogP contribution < -0.4 is 0 Å². The summed E-state index contributed by atoms with van der Waals surface area (Å²) >= 11 is 0. The van der Waals surface area contributed by atoms with Crippen LogP contribution in [0.25, 0.3) is 0 Å². The van der Waals surface area contributed by atoms with Gasteiger partial charge in [0.1, 0.15) is 5.84 Å². The molecule has 0 saturated heterocycles. The maximum absolute atomic E-state index is 4.15. The smallest absolute Gasteiger partial charge is 0.128 e. The van der Waals surface area contributed by atoms with Crippen LogP contribution in [0, 0.1) is 0 Å². The summed E-state index contributed by atoms with van der Waals surface area (Å²) < 4.78 is 0. The van der Waals surface area contributed by atoms with Crippen LogP contribution in [-0.4, -0.2) is 23.8 Å². The monoisotopic (exact) mass is 178 g/mol. The van der Waals surface area contributed by atoms with Crippen LogP contribution in [0.15, 0.2) is 42.6 Å². The van der Waals surface area contributed by atoms with Gasteiger partial charge in [0.25, 0.3) is 0 Å². The average molecular weight is 178 g/mol. The molecule has 0 spiro atoms. The van der Waals surface area contributed by atoms with E-state index in [-0.39, 0.29) is 0 Å². The lowest BCUT2D eigenvalue weighted by Crippen LogP contribution is -2.31. The molecule has 0 aliphatic heterocycles. The van der Waals surface area contributed by atoms with Gasteiger partial charge in [-0.25, -0.2) is 4.99 Å². The van der Waals surface area contributed by atoms with Gasteiger partial charge in [0.05, 0.1) is 0 Å². The highest BCUT2D eigenvalue weighted by Gasteiger charge is 2.04. The first-order chi connectivity index (χ1) is 6.13. The van der Waals surface area contributed by atoms with E-state index in [1.165, 1.54) is 0 Å². The Bertz CT molecular complexity index is 224. The topological polar surface area (TPSA) is 15.6 Å². The van der Waals surface area contributed by atoms with Gasteiger partial charge in [0.15, 0.2) is 0 Å². The standard InChI is InChI=1S/C11H18N2/c1-6-8-9-11(12-7-2)13(5)10(3)4/h6-10H,1-2H2,3-5H3/b9-8-,12-11+. The van der Waals surface area contributed by atoms with Crippen molar-refractivity contribution >= 4 is 5.84 Å². The van der Waals surface area contributed by atoms with E-state index >= 15 is 0 Å². The van der Waals surface area contributed by atoms with E-state index in [9.17, 15) is 0 Å². The Labute approximate surface area is 81.0 Å². The van der Waals surface area contributed by atoms with Crippen molar-refractivity contribution in [3.63, 3.8) is 0 Å². The molecular weight excluding hydrogens is 160 g/mol. The first kappa shape index (κ1) is 11.7. The SMILES string of the molecule is C=C/C=C\C(=N/C=C)N(C)C(C)C. The maximum Gasteiger partial charge on any atom is 0.128 e. The zero-order valence-corrected chi connectivity index (χ0v) is 8.70. The fraction of sp³-hybridized carbons (Fsp3) is 0.364. The van der Waals surface area contributed by atoms with Gasteiger partial charge in [-0.1, -0.05) is 25.3 Å². The van der Waals surface area contributed by atoms with Crippen LogP contribution in [-0.2, 0) is 0 Å². The van der Waals surface area contributed by atoms with Crippen molar-refractivity contribution in [1.82, 2.24) is 4.90 Å². The molecule has 0 rings (SSSR count). The molecule has 72 valence electrons. The zero-order chi connectivity index (χ0) is 10.3. The number of allylic oxidation sites excluding steroid dienone is 2. The third-order valence-electron chi connectivity index (χ3n) is 1.74. The Balaban J connectivity index is 4.60. The highest BCUT2D eigenvalue weighted by Crippen LogP contribution is 1.98. The molecule has 2 heteroatoms. The minimum atomic E-state index is 0.424. The van der Waals surface area contributed by atoms with Gasteiger partial charge in [-0.3, -0.25) is 0 Å². The number of amidine groups is 1. The number of rotatable bonds is 4. The third kappa shape index (κ3) is 4.31. The molecule has 0 fully saturated rings. The maximum atomic E-state index is 4.15. The Hall–Kier alpha value is -1.31. The van der Waals surface area contributed by atoms with E-state index in [0.717, 1.165) is 5.84 Å². The summed E-state index contributed by atoms with van der Waals surface area (Å²) in [6.07, 6.45) is 7.05. The van der Waals surface area contributed by atoms with Crippen LogP contribution in [0.4, 0.5) is 0 Å². The zero-order valence-electron chi connectivity index (χ0n) is 8.70. The molecule has 0 radical (unpaired) electrons. The molecule has 0 aromatic heterocycles. The summed E-state index contributed by atoms with van der Waals surface area (Å²) in [5.74, 6) is 0.893. The first-order valence-electron chi connectivity index (χ1n) is 4.34. The van der Waals surface area contributed by atoms with E-state index in [1.54, 1.807) is 12.3 Å². The molecule has 0 heterocycles. The first-order valence-corrected chi connectivity index (χ1v) is 4.34. The van der Waals surface area contributed by atoms with Crippen LogP contribution in [0.3, 0.4) is 0 Å². The quantitative estimate of drug-likeness (QED) is 0.367. The van der Waals surface area contributed by atoms with Gasteiger partial charge in [0.2, 0.25) is 0 Å². The van der Waals surface area contributed by atoms with E-state index in [1.807, 2.05) is 19.2 Å². The third-order valence-corrected chi connectivity index (χ3v) is 1.74. The van der Waals surface area contributed by atoms with Gasteiger partial charge in [-0.05, 0) is 19.9 Å². The lowest BCUT2D eigenvalue weighted by molar-refractivity contribution is 0.419. The molecule has 0 atom stereocenters. The predicted molar refractivity (Wildman–Crippen MR) is 59.9 cm³/mol. The molecule has 0 aliphatic rings. The van der Waals surface area contributed by atoms with Crippen molar-refractivity contribution < 1.29 is 0 Å². The molecule has 0 aliphatic carbocycles. The lowest BCUT2D eigenvalue weighted by Gasteiger charge is -2.22. The Morgan fingerprint density at radius 2 is 2.00 bits per heavy atom. The lowest BCUT2D eigenvalue weighted by atomic mass is 10.3. The van der Waals surface area contributed by atoms with Crippen molar-refractivity contribution in [2.45, 2.75) is 19.9 Å². The van der Waals surface area contributed by atoms with Gasteiger partial charge < -0.3 is 4.90 Å². The normalized spacial score (nSPS) is 12.2. The summed E-state index contributed by atoms with van der Waals surface area (Å²) in [5.41, 5.74) is 0. The van der Waals surface area contributed by atoms with Crippen molar-refractivity contribution in [3.05, 3.63) is 37.6 Å². The number of nitrogens with zero attached hydrogens (tertiary/aromatic N) is 2. The van der Waals surface area contributed by atoms with Crippen molar-refractivity contribution in [2.75, 3.05) is 7.05 Å². The molecule has 2 nitrogen and oxygen atoms in total. The van der Waals surface area contributed by atoms with Crippen molar-refractivity contribution in [1.29, 1.82) is 0 Å². The predicted octanol–water partition coefficient (Wildman–Crippen LogP) is 2.61. The molecule has 0 aromatic rings. The number of hydrogen-bond acceptors (Lipinski definition) is 1. The van der Waals surface area contributed by atoms with E-state index in [2.05, 4.69) is 36.9 Å². The fourth-order valence-corrected chi connectivity index (χ4v) is 0.764. The summed E-state index contributed by atoms with van der Waals surface area (Å²) in [5, 5.41) is 0. The minimum absolute atomic E-state index is 0.424. The Morgan fingerprint density at radius 3 is 2.38 bits per heavy atom. The second kappa shape index (κ2) is 6.23. The molecule has 0 aromatic carbocycles. The minimum Gasteiger partial charge on any atom is -0.357 e. The molecule has 0 saturated carbocycles. The van der Waals surface area contributed by atoms with E-state index in [0.29, 0.717) is 6.04 Å². The molecule has 0 bridgehead atoms. The van der Waals surface area contributed by atoms with E-state index in [4.69, 9.17) is 0 Å². The van der Waals surface area contributed by atoms with Crippen molar-refractivity contribution in [3.8, 4) is 0 Å². The average Bonchev–Trinajstić information content (AvgIpc) is 2.11. The van der Waals surface area contributed by atoms with Gasteiger partial charge in [-0.15, -0.1) is 0 Å². The van der Waals surface area contributed by atoms with Crippen LogP contribution in [0.2, 0.25) is 0 Å². The largest absolute Gasteiger partial charge is 0.357 e. The van der Waals surface area contributed by atoms with Gasteiger partial charge in [0, 0.05) is 19.3 Å². The number of hydrogen-bond donors (Lipinski definition) is 0. The van der Waals surface area contributed by atoms with Crippen LogP contribution in [0.1, 0.15) is 13.8 Å². The summed E-state index contributed by atoms with van der Waals surface area (Å²) in [6.45, 7) is 11.4. The van der Waals surface area contributed by atoms with Gasteiger partial charge >= 0.3 is 0 Å². The Kier molecular flexibility index (Phi) is 5.60.